The van der Waals surface area contributed by atoms with Crippen LogP contribution in [-0.2, 0) is 14.9 Å². The molecule has 3 rings (SSSR count). The zero-order chi connectivity index (χ0) is 16.8. The topological polar surface area (TPSA) is 58.6 Å². The van der Waals surface area contributed by atoms with Crippen molar-refractivity contribution in [3.05, 3.63) is 29.6 Å². The summed E-state index contributed by atoms with van der Waals surface area (Å²) in [4.78, 5) is 26.2. The van der Waals surface area contributed by atoms with Gasteiger partial charge < -0.3 is 15.0 Å². The summed E-state index contributed by atoms with van der Waals surface area (Å²) in [5.74, 6) is -0.548. The van der Waals surface area contributed by atoms with Gasteiger partial charge in [0.15, 0.2) is 0 Å². The van der Waals surface area contributed by atoms with Crippen LogP contribution in [0, 0.1) is 5.82 Å². The van der Waals surface area contributed by atoms with Crippen molar-refractivity contribution < 1.29 is 18.7 Å². The van der Waals surface area contributed by atoms with Gasteiger partial charge >= 0.3 is 6.09 Å². The summed E-state index contributed by atoms with van der Waals surface area (Å²) in [6.45, 7) is 6.18. The van der Waals surface area contributed by atoms with Crippen LogP contribution in [0.25, 0.3) is 0 Å². The molecule has 1 aromatic rings. The molecule has 0 saturated carbocycles. The van der Waals surface area contributed by atoms with Gasteiger partial charge in [0.25, 0.3) is 0 Å². The quantitative estimate of drug-likeness (QED) is 0.799. The number of amides is 2. The maximum Gasteiger partial charge on any atom is 0.410 e. The van der Waals surface area contributed by atoms with Crippen LogP contribution in [0.4, 0.5) is 14.9 Å². The molecule has 2 heterocycles. The highest BCUT2D eigenvalue weighted by atomic mass is 19.1. The van der Waals surface area contributed by atoms with Crippen LogP contribution in [0.2, 0.25) is 0 Å². The van der Waals surface area contributed by atoms with Crippen LogP contribution in [0.15, 0.2) is 18.2 Å². The van der Waals surface area contributed by atoms with Gasteiger partial charge in [-0.2, -0.15) is 0 Å². The summed E-state index contributed by atoms with van der Waals surface area (Å²) in [6.07, 6.45) is 0.400. The van der Waals surface area contributed by atoms with Crippen LogP contribution >= 0.6 is 0 Å². The van der Waals surface area contributed by atoms with Gasteiger partial charge in [0.05, 0.1) is 5.41 Å². The molecule has 1 N–H and O–H groups in total. The Morgan fingerprint density at radius 1 is 1.30 bits per heavy atom. The highest BCUT2D eigenvalue weighted by molar-refractivity contribution is 6.06. The number of likely N-dealkylation sites (tertiary alicyclic amines) is 1. The highest BCUT2D eigenvalue weighted by Gasteiger charge is 2.50. The van der Waals surface area contributed by atoms with E-state index in [1.165, 1.54) is 6.07 Å². The molecule has 1 aromatic carbocycles. The summed E-state index contributed by atoms with van der Waals surface area (Å²) in [7, 11) is 0. The molecule has 6 heteroatoms. The summed E-state index contributed by atoms with van der Waals surface area (Å²) >= 11 is 0. The first kappa shape index (κ1) is 15.8. The van der Waals surface area contributed by atoms with Crippen molar-refractivity contribution >= 4 is 17.7 Å². The van der Waals surface area contributed by atoms with Crippen molar-refractivity contribution in [3.63, 3.8) is 0 Å². The minimum atomic E-state index is -0.876. The second kappa shape index (κ2) is 5.22. The first-order valence-electron chi connectivity index (χ1n) is 7.81. The number of rotatable bonds is 0. The van der Waals surface area contributed by atoms with E-state index >= 15 is 0 Å². The average molecular weight is 320 g/mol. The number of piperidine rings is 1. The highest BCUT2D eigenvalue weighted by Crippen LogP contribution is 2.46. The van der Waals surface area contributed by atoms with Crippen molar-refractivity contribution in [2.24, 2.45) is 0 Å². The third-order valence-corrected chi connectivity index (χ3v) is 4.44. The summed E-state index contributed by atoms with van der Waals surface area (Å²) in [5.41, 5.74) is -0.455. The van der Waals surface area contributed by atoms with E-state index < -0.39 is 11.0 Å². The number of carbonyl (C=O) groups excluding carboxylic acids is 2. The van der Waals surface area contributed by atoms with Crippen LogP contribution in [0.5, 0.6) is 0 Å². The number of hydrogen-bond acceptors (Lipinski definition) is 3. The first-order chi connectivity index (χ1) is 10.7. The van der Waals surface area contributed by atoms with E-state index in [9.17, 15) is 14.0 Å². The molecule has 0 radical (unpaired) electrons. The normalized spacial score (nSPS) is 19.5. The molecule has 0 aliphatic carbocycles. The fourth-order valence-corrected chi connectivity index (χ4v) is 3.34. The van der Waals surface area contributed by atoms with Crippen molar-refractivity contribution in [2.45, 2.75) is 44.6 Å². The number of hydrogen-bond donors (Lipinski definition) is 1. The molecule has 1 saturated heterocycles. The minimum Gasteiger partial charge on any atom is -0.444 e. The summed E-state index contributed by atoms with van der Waals surface area (Å²) in [5, 5.41) is 2.77. The SMILES string of the molecule is CC(C)(C)OC(=O)N1CCC2(CC1)C(=O)Nc1cccc(F)c12. The van der Waals surface area contributed by atoms with Gasteiger partial charge in [0.2, 0.25) is 5.91 Å². The average Bonchev–Trinajstić information content (AvgIpc) is 2.71. The lowest BCUT2D eigenvalue weighted by Gasteiger charge is -2.38. The number of fused-ring (bicyclic) bond motifs is 2. The van der Waals surface area contributed by atoms with Gasteiger partial charge in [-0.15, -0.1) is 0 Å². The van der Waals surface area contributed by atoms with Gasteiger partial charge in [0.1, 0.15) is 11.4 Å². The van der Waals surface area contributed by atoms with Gasteiger partial charge in [0, 0.05) is 24.3 Å². The predicted octanol–water partition coefficient (Wildman–Crippen LogP) is 3.05. The number of carbonyl (C=O) groups is 2. The minimum absolute atomic E-state index is 0.179. The van der Waals surface area contributed by atoms with Crippen LogP contribution < -0.4 is 5.32 Å². The standard InChI is InChI=1S/C17H21FN2O3/c1-16(2,3)23-15(22)20-9-7-17(8-10-20)13-11(18)5-4-6-12(13)19-14(17)21/h4-6H,7-10H2,1-3H3,(H,19,21). The first-order valence-corrected chi connectivity index (χ1v) is 7.81. The Labute approximate surface area is 134 Å². The van der Waals surface area contributed by atoms with E-state index in [1.807, 2.05) is 20.8 Å². The lowest BCUT2D eigenvalue weighted by atomic mass is 9.73. The second-order valence-electron chi connectivity index (χ2n) is 7.17. The molecule has 0 bridgehead atoms. The van der Waals surface area contributed by atoms with E-state index in [2.05, 4.69) is 5.32 Å². The van der Waals surface area contributed by atoms with Crippen LogP contribution in [0.3, 0.4) is 0 Å². The molecule has 124 valence electrons. The summed E-state index contributed by atoms with van der Waals surface area (Å²) in [6, 6.07) is 4.68. The Morgan fingerprint density at radius 2 is 1.96 bits per heavy atom. The third kappa shape index (κ3) is 2.66. The van der Waals surface area contributed by atoms with E-state index in [4.69, 9.17) is 4.74 Å². The summed E-state index contributed by atoms with van der Waals surface area (Å²) < 4.78 is 19.6. The number of benzene rings is 1. The van der Waals surface area contributed by atoms with E-state index in [1.54, 1.807) is 17.0 Å². The van der Waals surface area contributed by atoms with E-state index in [0.717, 1.165) is 0 Å². The maximum atomic E-state index is 14.3. The molecule has 2 amide bonds. The zero-order valence-corrected chi connectivity index (χ0v) is 13.6. The predicted molar refractivity (Wildman–Crippen MR) is 83.7 cm³/mol. The molecule has 0 aromatic heterocycles. The number of ether oxygens (including phenoxy) is 1. The van der Waals surface area contributed by atoms with Crippen LogP contribution in [0.1, 0.15) is 39.2 Å². The molecule has 0 unspecified atom stereocenters. The Bertz CT molecular complexity index is 658. The fourth-order valence-electron chi connectivity index (χ4n) is 3.34. The number of halogens is 1. The van der Waals surface area contributed by atoms with Crippen molar-refractivity contribution in [3.8, 4) is 0 Å². The molecule has 0 atom stereocenters. The van der Waals surface area contributed by atoms with Gasteiger partial charge in [-0.05, 0) is 45.7 Å². The van der Waals surface area contributed by atoms with E-state index in [-0.39, 0.29) is 17.8 Å². The smallest absolute Gasteiger partial charge is 0.410 e. The largest absolute Gasteiger partial charge is 0.444 e. The lowest BCUT2D eigenvalue weighted by molar-refractivity contribution is -0.122. The van der Waals surface area contributed by atoms with Gasteiger partial charge in [-0.1, -0.05) is 6.07 Å². The fraction of sp³-hybridized carbons (Fsp3) is 0.529. The number of anilines is 1. The van der Waals surface area contributed by atoms with Crippen molar-refractivity contribution in [1.82, 2.24) is 4.90 Å². The van der Waals surface area contributed by atoms with Crippen molar-refractivity contribution in [1.29, 1.82) is 0 Å². The number of nitrogens with one attached hydrogen (secondary N) is 1. The van der Waals surface area contributed by atoms with Gasteiger partial charge in [-0.25, -0.2) is 9.18 Å². The molecule has 23 heavy (non-hydrogen) atoms. The molecule has 1 fully saturated rings. The molecule has 5 nitrogen and oxygen atoms in total. The Hall–Kier alpha value is -2.11. The molecule has 2 aliphatic rings. The maximum absolute atomic E-state index is 14.3. The molecular formula is C17H21FN2O3. The van der Waals surface area contributed by atoms with E-state index in [0.29, 0.717) is 37.2 Å². The van der Waals surface area contributed by atoms with Crippen molar-refractivity contribution in [2.75, 3.05) is 18.4 Å². The second-order valence-corrected chi connectivity index (χ2v) is 7.17. The van der Waals surface area contributed by atoms with Crippen LogP contribution in [-0.4, -0.2) is 35.6 Å². The zero-order valence-electron chi connectivity index (χ0n) is 13.6. The lowest BCUT2D eigenvalue weighted by Crippen LogP contribution is -2.49. The molecule has 2 aliphatic heterocycles. The monoisotopic (exact) mass is 320 g/mol. The molecular weight excluding hydrogens is 299 g/mol. The molecule has 1 spiro atoms. The number of nitrogens with zero attached hydrogens (tertiary/aromatic N) is 1. The Morgan fingerprint density at radius 3 is 2.57 bits per heavy atom. The third-order valence-electron chi connectivity index (χ3n) is 4.44. The Kier molecular flexibility index (Phi) is 3.58. The van der Waals surface area contributed by atoms with Gasteiger partial charge in [-0.3, -0.25) is 4.79 Å². The Balaban J connectivity index is 1.79.